The summed E-state index contributed by atoms with van der Waals surface area (Å²) in [6, 6.07) is 18.4. The third-order valence-electron chi connectivity index (χ3n) is 2.56. The normalized spacial score (nSPS) is 12.4. The third kappa shape index (κ3) is 2.74. The minimum Gasteiger partial charge on any atom is -0.117 e. The summed E-state index contributed by atoms with van der Waals surface area (Å²) < 4.78 is 0. The lowest BCUT2D eigenvalue weighted by molar-refractivity contribution is 0.926. The molecular weight excluding hydrogens is 232 g/mol. The van der Waals surface area contributed by atoms with Crippen LogP contribution >= 0.6 is 11.6 Å². The summed E-state index contributed by atoms with van der Waals surface area (Å²) in [6.07, 6.45) is 0.851. The Balaban J connectivity index is 2.15. The predicted molar refractivity (Wildman–Crippen MR) is 70.6 cm³/mol. The molecule has 0 fully saturated rings. The van der Waals surface area contributed by atoms with Crippen molar-refractivity contribution >= 4 is 27.0 Å². The summed E-state index contributed by atoms with van der Waals surface area (Å²) in [7, 11) is 3.58. The van der Waals surface area contributed by atoms with Crippen molar-refractivity contribution in [2.75, 3.05) is 0 Å². The Morgan fingerprint density at radius 3 is 2.25 bits per heavy atom. The molecule has 0 aliphatic rings. The Labute approximate surface area is 105 Å². The van der Waals surface area contributed by atoms with E-state index in [9.17, 15) is 0 Å². The second kappa shape index (κ2) is 5.33. The number of hydrogen-bond acceptors (Lipinski definition) is 0. The molecule has 79 valence electrons. The van der Waals surface area contributed by atoms with Crippen molar-refractivity contribution in [3.8, 4) is 0 Å². The quantitative estimate of drug-likeness (QED) is 0.574. The zero-order chi connectivity index (χ0) is 11.4. The van der Waals surface area contributed by atoms with Crippen LogP contribution in [0.2, 0.25) is 0 Å². The monoisotopic (exact) mass is 243 g/mol. The van der Waals surface area contributed by atoms with Crippen LogP contribution in [0.3, 0.4) is 0 Å². The molecule has 3 radical (unpaired) electrons. The molecule has 1 atom stereocenters. The second-order valence-electron chi connectivity index (χ2n) is 3.74. The summed E-state index contributed by atoms with van der Waals surface area (Å²) in [5.41, 5.74) is 2.40. The van der Waals surface area contributed by atoms with Crippen LogP contribution < -0.4 is 5.19 Å². The molecule has 0 amide bonds. The smallest absolute Gasteiger partial charge is 0.0716 e. The number of rotatable bonds is 3. The molecule has 0 saturated heterocycles. The van der Waals surface area contributed by atoms with E-state index in [-0.39, 0.29) is 5.38 Å². The molecule has 2 rings (SSSR count). The Morgan fingerprint density at radius 1 is 0.938 bits per heavy atom. The first-order valence-electron chi connectivity index (χ1n) is 5.26. The van der Waals surface area contributed by atoms with E-state index in [0.717, 1.165) is 17.2 Å². The van der Waals surface area contributed by atoms with Crippen molar-refractivity contribution in [1.29, 1.82) is 0 Å². The molecule has 0 spiro atoms. The lowest BCUT2D eigenvalue weighted by Gasteiger charge is -2.12. The van der Waals surface area contributed by atoms with Crippen LogP contribution in [0, 0.1) is 0 Å². The van der Waals surface area contributed by atoms with Gasteiger partial charge in [0.2, 0.25) is 0 Å². The average molecular weight is 244 g/mol. The molecule has 0 N–H and O–H groups in total. The van der Waals surface area contributed by atoms with Crippen LogP contribution in [-0.2, 0) is 6.42 Å². The van der Waals surface area contributed by atoms with E-state index in [4.69, 9.17) is 11.6 Å². The first-order valence-corrected chi connectivity index (χ1v) is 6.19. The van der Waals surface area contributed by atoms with Gasteiger partial charge in [0.1, 0.15) is 0 Å². The molecule has 0 bridgehead atoms. The molecule has 0 nitrogen and oxygen atoms in total. The Hall–Kier alpha value is -1.05. The van der Waals surface area contributed by atoms with E-state index in [1.54, 1.807) is 0 Å². The van der Waals surface area contributed by atoms with E-state index >= 15 is 0 Å². The fourth-order valence-electron chi connectivity index (χ4n) is 1.70. The van der Waals surface area contributed by atoms with Gasteiger partial charge in [-0.15, -0.1) is 11.6 Å². The molecule has 16 heavy (non-hydrogen) atoms. The Kier molecular flexibility index (Phi) is 3.81. The van der Waals surface area contributed by atoms with Gasteiger partial charge in [0, 0.05) is 0 Å². The van der Waals surface area contributed by atoms with Crippen LogP contribution in [0.5, 0.6) is 0 Å². The number of benzene rings is 2. The number of alkyl halides is 1. The Morgan fingerprint density at radius 2 is 1.56 bits per heavy atom. The lowest BCUT2D eigenvalue weighted by atomic mass is 10.0. The maximum Gasteiger partial charge on any atom is 0.0716 e. The van der Waals surface area contributed by atoms with Crippen LogP contribution in [0.4, 0.5) is 0 Å². The van der Waals surface area contributed by atoms with Gasteiger partial charge in [0.25, 0.3) is 0 Å². The van der Waals surface area contributed by atoms with Crippen molar-refractivity contribution in [3.63, 3.8) is 0 Å². The lowest BCUT2D eigenvalue weighted by Crippen LogP contribution is -2.12. The summed E-state index contributed by atoms with van der Waals surface area (Å²) in [4.78, 5) is 0. The van der Waals surface area contributed by atoms with Gasteiger partial charge in [-0.1, -0.05) is 59.8 Å². The van der Waals surface area contributed by atoms with Crippen LogP contribution in [0.25, 0.3) is 0 Å². The first-order chi connectivity index (χ1) is 7.77. The van der Waals surface area contributed by atoms with Gasteiger partial charge in [-0.25, -0.2) is 0 Å². The summed E-state index contributed by atoms with van der Waals surface area (Å²) in [6.45, 7) is 0. The van der Waals surface area contributed by atoms with Crippen molar-refractivity contribution < 1.29 is 0 Å². The number of hydrogen-bond donors (Lipinski definition) is 0. The van der Waals surface area contributed by atoms with Crippen LogP contribution in [0.1, 0.15) is 16.5 Å². The van der Waals surface area contributed by atoms with E-state index in [2.05, 4.69) is 28.4 Å². The number of halogens is 1. The van der Waals surface area contributed by atoms with Crippen LogP contribution in [0.15, 0.2) is 54.6 Å². The van der Waals surface area contributed by atoms with Crippen molar-refractivity contribution in [3.05, 3.63) is 65.7 Å². The minimum atomic E-state index is 0.0103. The highest BCUT2D eigenvalue weighted by Crippen LogP contribution is 2.23. The molecule has 0 heterocycles. The summed E-state index contributed by atoms with van der Waals surface area (Å²) in [5, 5.41) is 1.08. The minimum absolute atomic E-state index is 0.0103. The SMILES string of the molecule is [Si]c1ccccc1C(Cl)Cc1ccccc1. The van der Waals surface area contributed by atoms with Gasteiger partial charge in [-0.3, -0.25) is 0 Å². The van der Waals surface area contributed by atoms with Gasteiger partial charge < -0.3 is 0 Å². The highest BCUT2D eigenvalue weighted by molar-refractivity contribution is 6.34. The van der Waals surface area contributed by atoms with E-state index in [1.807, 2.05) is 36.4 Å². The fraction of sp³-hybridized carbons (Fsp3) is 0.143. The van der Waals surface area contributed by atoms with Gasteiger partial charge in [0.05, 0.1) is 15.6 Å². The molecule has 1 unspecified atom stereocenters. The molecule has 0 aliphatic carbocycles. The van der Waals surface area contributed by atoms with Crippen molar-refractivity contribution in [1.82, 2.24) is 0 Å². The molecule has 0 aromatic heterocycles. The Bertz CT molecular complexity index is 453. The molecule has 2 heteroatoms. The van der Waals surface area contributed by atoms with Gasteiger partial charge in [-0.2, -0.15) is 0 Å². The van der Waals surface area contributed by atoms with Gasteiger partial charge in [-0.05, 0) is 17.5 Å². The predicted octanol–water partition coefficient (Wildman–Crippen LogP) is 3.00. The standard InChI is InChI=1S/C14H12ClSi/c15-13(10-11-6-2-1-3-7-11)12-8-4-5-9-14(12)16/h1-9,13H,10H2. The van der Waals surface area contributed by atoms with E-state index in [1.165, 1.54) is 5.56 Å². The van der Waals surface area contributed by atoms with Crippen LogP contribution in [-0.4, -0.2) is 10.2 Å². The summed E-state index contributed by atoms with van der Waals surface area (Å²) in [5.74, 6) is 0. The average Bonchev–Trinajstić information content (AvgIpc) is 2.31. The zero-order valence-corrected chi connectivity index (χ0v) is 10.6. The topological polar surface area (TPSA) is 0 Å². The molecule has 0 aliphatic heterocycles. The van der Waals surface area contributed by atoms with E-state index < -0.39 is 0 Å². The maximum atomic E-state index is 6.41. The van der Waals surface area contributed by atoms with E-state index in [0.29, 0.717) is 0 Å². The maximum absolute atomic E-state index is 6.41. The molecule has 0 saturated carbocycles. The third-order valence-corrected chi connectivity index (χ3v) is 3.40. The summed E-state index contributed by atoms with van der Waals surface area (Å²) >= 11 is 6.41. The highest BCUT2D eigenvalue weighted by Gasteiger charge is 2.10. The fourth-order valence-corrected chi connectivity index (χ4v) is 2.51. The molecular formula is C14H12ClSi. The first kappa shape index (κ1) is 11.4. The van der Waals surface area contributed by atoms with Crippen molar-refractivity contribution in [2.24, 2.45) is 0 Å². The highest BCUT2D eigenvalue weighted by atomic mass is 35.5. The molecule has 2 aromatic rings. The molecule has 2 aromatic carbocycles. The second-order valence-corrected chi connectivity index (χ2v) is 4.81. The largest absolute Gasteiger partial charge is 0.117 e. The zero-order valence-electron chi connectivity index (χ0n) is 8.86. The van der Waals surface area contributed by atoms with Gasteiger partial charge >= 0.3 is 0 Å². The van der Waals surface area contributed by atoms with Crippen molar-refractivity contribution in [2.45, 2.75) is 11.8 Å². The van der Waals surface area contributed by atoms with Gasteiger partial charge in [0.15, 0.2) is 0 Å².